The molecule has 3 N–H and O–H groups in total. The van der Waals surface area contributed by atoms with Crippen LogP contribution in [0.2, 0.25) is 0 Å². The number of hydrogen-bond donors (Lipinski definition) is 2. The van der Waals surface area contributed by atoms with E-state index in [1.807, 2.05) is 31.2 Å². The number of aryl methyl sites for hydroxylation is 1. The highest BCUT2D eigenvalue weighted by atomic mass is 35.5. The third kappa shape index (κ3) is 5.89. The van der Waals surface area contributed by atoms with E-state index < -0.39 is 0 Å². The molecule has 0 bridgehead atoms. The second-order valence-corrected chi connectivity index (χ2v) is 3.99. The molecule has 0 saturated carbocycles. The maximum Gasteiger partial charge on any atom is 0.258 e. The van der Waals surface area contributed by atoms with Crippen molar-refractivity contribution in [1.29, 1.82) is 0 Å². The Morgan fingerprint density at radius 2 is 2.00 bits per heavy atom. The smallest absolute Gasteiger partial charge is 0.258 e. The monoisotopic (exact) mass is 272 g/mol. The second kappa shape index (κ2) is 8.78. The second-order valence-electron chi connectivity index (χ2n) is 3.99. The summed E-state index contributed by atoms with van der Waals surface area (Å²) in [6, 6.07) is 7.72. The van der Waals surface area contributed by atoms with Crippen molar-refractivity contribution < 1.29 is 9.53 Å². The summed E-state index contributed by atoms with van der Waals surface area (Å²) in [6.07, 6.45) is 0.995. The standard InChI is InChI=1S/C13H20N2O2.ClH/c1-3-11-4-6-12(7-5-11)17-9-13(16)15-10(2)8-14;/h4-7,10H,3,8-9,14H2,1-2H3,(H,15,16);1H/t10-;/m0./s1. The Morgan fingerprint density at radius 3 is 2.50 bits per heavy atom. The van der Waals surface area contributed by atoms with Crippen LogP contribution >= 0.6 is 12.4 Å². The minimum atomic E-state index is -0.150. The fraction of sp³-hybridized carbons (Fsp3) is 0.462. The van der Waals surface area contributed by atoms with Gasteiger partial charge in [-0.2, -0.15) is 0 Å². The van der Waals surface area contributed by atoms with Crippen LogP contribution in [-0.2, 0) is 11.2 Å². The number of benzene rings is 1. The molecule has 5 heteroatoms. The maximum absolute atomic E-state index is 11.4. The van der Waals surface area contributed by atoms with Crippen molar-refractivity contribution in [2.45, 2.75) is 26.3 Å². The molecule has 0 fully saturated rings. The SMILES string of the molecule is CCc1ccc(OCC(=O)N[C@@H](C)CN)cc1.Cl. The third-order valence-electron chi connectivity index (χ3n) is 2.46. The number of rotatable bonds is 6. The topological polar surface area (TPSA) is 64.3 Å². The van der Waals surface area contributed by atoms with Crippen molar-refractivity contribution in [3.63, 3.8) is 0 Å². The highest BCUT2D eigenvalue weighted by Crippen LogP contribution is 2.12. The predicted molar refractivity (Wildman–Crippen MR) is 75.2 cm³/mol. The molecule has 0 unspecified atom stereocenters. The maximum atomic E-state index is 11.4. The number of nitrogens with two attached hydrogens (primary N) is 1. The molecule has 0 aliphatic heterocycles. The number of amides is 1. The largest absolute Gasteiger partial charge is 0.484 e. The first-order valence-electron chi connectivity index (χ1n) is 5.87. The Balaban J connectivity index is 0.00000289. The zero-order valence-corrected chi connectivity index (χ0v) is 11.6. The molecule has 1 aromatic rings. The lowest BCUT2D eigenvalue weighted by atomic mass is 10.2. The number of nitrogens with one attached hydrogen (secondary N) is 1. The van der Waals surface area contributed by atoms with Crippen molar-refractivity contribution in [1.82, 2.24) is 5.32 Å². The fourth-order valence-corrected chi connectivity index (χ4v) is 1.35. The van der Waals surface area contributed by atoms with E-state index in [1.165, 1.54) is 5.56 Å². The molecule has 4 nitrogen and oxygen atoms in total. The summed E-state index contributed by atoms with van der Waals surface area (Å²) >= 11 is 0. The Labute approximate surface area is 114 Å². The minimum absolute atomic E-state index is 0. The molecular weight excluding hydrogens is 252 g/mol. The van der Waals surface area contributed by atoms with Gasteiger partial charge in [-0.25, -0.2) is 0 Å². The Morgan fingerprint density at radius 1 is 1.39 bits per heavy atom. The summed E-state index contributed by atoms with van der Waals surface area (Å²) in [5.41, 5.74) is 6.65. The van der Waals surface area contributed by atoms with Crippen molar-refractivity contribution in [3.05, 3.63) is 29.8 Å². The quantitative estimate of drug-likeness (QED) is 0.825. The van der Waals surface area contributed by atoms with Gasteiger partial charge in [0.25, 0.3) is 5.91 Å². The zero-order chi connectivity index (χ0) is 12.7. The minimum Gasteiger partial charge on any atom is -0.484 e. The van der Waals surface area contributed by atoms with Crippen molar-refractivity contribution in [2.75, 3.05) is 13.2 Å². The van der Waals surface area contributed by atoms with Gasteiger partial charge < -0.3 is 15.8 Å². The number of ether oxygens (including phenoxy) is 1. The summed E-state index contributed by atoms with van der Waals surface area (Å²) in [7, 11) is 0. The van der Waals surface area contributed by atoms with E-state index in [1.54, 1.807) is 0 Å². The Hall–Kier alpha value is -1.26. The average Bonchev–Trinajstić information content (AvgIpc) is 2.36. The highest BCUT2D eigenvalue weighted by Gasteiger charge is 2.06. The van der Waals surface area contributed by atoms with Gasteiger partial charge in [0.05, 0.1) is 0 Å². The molecule has 102 valence electrons. The number of halogens is 1. The van der Waals surface area contributed by atoms with Crippen LogP contribution in [0.25, 0.3) is 0 Å². The van der Waals surface area contributed by atoms with E-state index in [0.29, 0.717) is 12.3 Å². The third-order valence-corrected chi connectivity index (χ3v) is 2.46. The molecule has 1 aromatic carbocycles. The van der Waals surface area contributed by atoms with Crippen LogP contribution in [-0.4, -0.2) is 25.1 Å². The van der Waals surface area contributed by atoms with Gasteiger partial charge >= 0.3 is 0 Å². The molecular formula is C13H21ClN2O2. The fourth-order valence-electron chi connectivity index (χ4n) is 1.35. The van der Waals surface area contributed by atoms with Gasteiger partial charge in [0.1, 0.15) is 5.75 Å². The molecule has 1 rings (SSSR count). The van der Waals surface area contributed by atoms with Crippen molar-refractivity contribution in [2.24, 2.45) is 5.73 Å². The van der Waals surface area contributed by atoms with Crippen LogP contribution < -0.4 is 15.8 Å². The number of hydrogen-bond acceptors (Lipinski definition) is 3. The van der Waals surface area contributed by atoms with E-state index in [2.05, 4.69) is 12.2 Å². The molecule has 0 aromatic heterocycles. The van der Waals surface area contributed by atoms with E-state index in [0.717, 1.165) is 6.42 Å². The molecule has 1 amide bonds. The summed E-state index contributed by atoms with van der Waals surface area (Å²) < 4.78 is 5.36. The van der Waals surface area contributed by atoms with Gasteiger partial charge in [-0.15, -0.1) is 12.4 Å². The van der Waals surface area contributed by atoms with Gasteiger partial charge in [0, 0.05) is 12.6 Å². The van der Waals surface area contributed by atoms with Gasteiger partial charge in [-0.05, 0) is 31.0 Å². The first-order valence-corrected chi connectivity index (χ1v) is 5.87. The van der Waals surface area contributed by atoms with Gasteiger partial charge in [0.15, 0.2) is 6.61 Å². The van der Waals surface area contributed by atoms with Crippen LogP contribution in [0.4, 0.5) is 0 Å². The molecule has 0 heterocycles. The molecule has 0 spiro atoms. The summed E-state index contributed by atoms with van der Waals surface area (Å²) in [4.78, 5) is 11.4. The predicted octanol–water partition coefficient (Wildman–Crippen LogP) is 1.51. The van der Waals surface area contributed by atoms with Crippen LogP contribution in [0.3, 0.4) is 0 Å². The highest BCUT2D eigenvalue weighted by molar-refractivity contribution is 5.85. The molecule has 0 aliphatic carbocycles. The Kier molecular flexibility index (Phi) is 8.16. The van der Waals surface area contributed by atoms with Gasteiger partial charge in [-0.1, -0.05) is 19.1 Å². The summed E-state index contributed by atoms with van der Waals surface area (Å²) in [5.74, 6) is 0.556. The molecule has 18 heavy (non-hydrogen) atoms. The lowest BCUT2D eigenvalue weighted by Gasteiger charge is -2.12. The summed E-state index contributed by atoms with van der Waals surface area (Å²) in [5, 5.41) is 2.73. The van der Waals surface area contributed by atoms with Gasteiger partial charge in [-0.3, -0.25) is 4.79 Å². The van der Waals surface area contributed by atoms with E-state index in [4.69, 9.17) is 10.5 Å². The zero-order valence-electron chi connectivity index (χ0n) is 10.8. The van der Waals surface area contributed by atoms with Crippen LogP contribution in [0.1, 0.15) is 19.4 Å². The first kappa shape index (κ1) is 16.7. The lowest BCUT2D eigenvalue weighted by Crippen LogP contribution is -2.40. The molecule has 1 atom stereocenters. The number of carbonyl (C=O) groups is 1. The van der Waals surface area contributed by atoms with Crippen LogP contribution in [0.15, 0.2) is 24.3 Å². The molecule has 0 aliphatic rings. The van der Waals surface area contributed by atoms with E-state index >= 15 is 0 Å². The van der Waals surface area contributed by atoms with Crippen LogP contribution in [0, 0.1) is 0 Å². The average molecular weight is 273 g/mol. The number of carbonyl (C=O) groups excluding carboxylic acids is 1. The molecule has 0 saturated heterocycles. The summed E-state index contributed by atoms with van der Waals surface area (Å²) in [6.45, 7) is 4.40. The lowest BCUT2D eigenvalue weighted by molar-refractivity contribution is -0.123. The first-order chi connectivity index (χ1) is 8.15. The van der Waals surface area contributed by atoms with E-state index in [9.17, 15) is 4.79 Å². The molecule has 0 radical (unpaired) electrons. The Bertz CT molecular complexity index is 355. The van der Waals surface area contributed by atoms with Crippen LogP contribution in [0.5, 0.6) is 5.75 Å². The van der Waals surface area contributed by atoms with Gasteiger partial charge in [0.2, 0.25) is 0 Å². The normalized spacial score (nSPS) is 11.3. The van der Waals surface area contributed by atoms with E-state index in [-0.39, 0.29) is 31.0 Å². The van der Waals surface area contributed by atoms with Crippen molar-refractivity contribution in [3.8, 4) is 5.75 Å². The van der Waals surface area contributed by atoms with Crippen molar-refractivity contribution >= 4 is 18.3 Å².